The van der Waals surface area contributed by atoms with Crippen molar-refractivity contribution in [3.05, 3.63) is 88.4 Å². The average molecular weight is 437 g/mol. The molecule has 1 unspecified atom stereocenters. The van der Waals surface area contributed by atoms with Crippen molar-refractivity contribution < 1.29 is 14.3 Å². The number of benzene rings is 3. The molecule has 3 aromatic rings. The molecule has 0 aliphatic carbocycles. The minimum Gasteiger partial charge on any atom is -0.481 e. The van der Waals surface area contributed by atoms with Crippen molar-refractivity contribution in [1.29, 1.82) is 0 Å². The standard InChI is InChI=1S/C25H25ClN2O3/c1-4-18-5-10-21(11-6-18)27-24(29)17(3)31-22-12-7-19(8-13-22)25(30)28-23-14-9-20(26)15-16(23)2/h5-15,17H,4H2,1-3H3,(H,27,29)(H,28,30). The van der Waals surface area contributed by atoms with E-state index >= 15 is 0 Å². The second kappa shape index (κ2) is 10.1. The maximum Gasteiger partial charge on any atom is 0.265 e. The van der Waals surface area contributed by atoms with Gasteiger partial charge in [0.05, 0.1) is 0 Å². The highest BCUT2D eigenvalue weighted by atomic mass is 35.5. The fraction of sp³-hybridized carbons (Fsp3) is 0.200. The second-order valence-electron chi connectivity index (χ2n) is 7.24. The number of halogens is 1. The quantitative estimate of drug-likeness (QED) is 0.486. The van der Waals surface area contributed by atoms with Crippen LogP contribution in [0, 0.1) is 6.92 Å². The third-order valence-electron chi connectivity index (χ3n) is 4.86. The number of carbonyl (C=O) groups excluding carboxylic acids is 2. The fourth-order valence-electron chi connectivity index (χ4n) is 2.97. The molecule has 0 radical (unpaired) electrons. The van der Waals surface area contributed by atoms with Crippen LogP contribution in [0.25, 0.3) is 0 Å². The Morgan fingerprint density at radius 2 is 1.65 bits per heavy atom. The Balaban J connectivity index is 1.57. The maximum atomic E-state index is 12.5. The van der Waals surface area contributed by atoms with E-state index in [1.807, 2.05) is 31.2 Å². The first-order valence-electron chi connectivity index (χ1n) is 10.1. The lowest BCUT2D eigenvalue weighted by molar-refractivity contribution is -0.122. The Morgan fingerprint density at radius 3 is 2.26 bits per heavy atom. The van der Waals surface area contributed by atoms with Crippen LogP contribution in [0.2, 0.25) is 5.02 Å². The van der Waals surface area contributed by atoms with Crippen LogP contribution in [0.1, 0.15) is 35.3 Å². The first-order valence-corrected chi connectivity index (χ1v) is 10.5. The molecular weight excluding hydrogens is 412 g/mol. The van der Waals surface area contributed by atoms with Gasteiger partial charge in [-0.1, -0.05) is 30.7 Å². The van der Waals surface area contributed by atoms with Crippen LogP contribution in [-0.2, 0) is 11.2 Å². The predicted molar refractivity (Wildman–Crippen MR) is 125 cm³/mol. The molecule has 0 spiro atoms. The van der Waals surface area contributed by atoms with E-state index in [4.69, 9.17) is 16.3 Å². The van der Waals surface area contributed by atoms with E-state index in [0.29, 0.717) is 22.0 Å². The molecule has 5 nitrogen and oxygen atoms in total. The highest BCUT2D eigenvalue weighted by Crippen LogP contribution is 2.21. The van der Waals surface area contributed by atoms with Crippen molar-refractivity contribution in [2.24, 2.45) is 0 Å². The van der Waals surface area contributed by atoms with E-state index in [1.54, 1.807) is 49.4 Å². The first-order chi connectivity index (χ1) is 14.9. The third kappa shape index (κ3) is 6.09. The minimum atomic E-state index is -0.692. The average Bonchev–Trinajstić information content (AvgIpc) is 2.76. The van der Waals surface area contributed by atoms with Crippen LogP contribution in [0.4, 0.5) is 11.4 Å². The van der Waals surface area contributed by atoms with Crippen molar-refractivity contribution in [1.82, 2.24) is 0 Å². The van der Waals surface area contributed by atoms with E-state index in [2.05, 4.69) is 17.6 Å². The SMILES string of the molecule is CCc1ccc(NC(=O)C(C)Oc2ccc(C(=O)Nc3ccc(Cl)cc3C)cc2)cc1. The van der Waals surface area contributed by atoms with Gasteiger partial charge in [-0.2, -0.15) is 0 Å². The Kier molecular flexibility index (Phi) is 7.32. The Morgan fingerprint density at radius 1 is 0.968 bits per heavy atom. The lowest BCUT2D eigenvalue weighted by Gasteiger charge is -2.15. The lowest BCUT2D eigenvalue weighted by Crippen LogP contribution is -2.30. The van der Waals surface area contributed by atoms with Crippen LogP contribution in [0.3, 0.4) is 0 Å². The van der Waals surface area contributed by atoms with E-state index < -0.39 is 6.10 Å². The van der Waals surface area contributed by atoms with Gasteiger partial charge in [0.15, 0.2) is 6.10 Å². The van der Waals surface area contributed by atoms with Crippen molar-refractivity contribution in [2.45, 2.75) is 33.3 Å². The molecule has 0 aromatic heterocycles. The Bertz CT molecular complexity index is 1060. The van der Waals surface area contributed by atoms with Crippen LogP contribution in [0.5, 0.6) is 5.75 Å². The van der Waals surface area contributed by atoms with Crippen LogP contribution >= 0.6 is 11.6 Å². The van der Waals surface area contributed by atoms with Crippen molar-refractivity contribution in [3.8, 4) is 5.75 Å². The van der Waals surface area contributed by atoms with Gasteiger partial charge in [-0.15, -0.1) is 0 Å². The number of hydrogen-bond acceptors (Lipinski definition) is 3. The summed E-state index contributed by atoms with van der Waals surface area (Å²) in [4.78, 5) is 24.9. The molecule has 0 fully saturated rings. The molecule has 0 saturated carbocycles. The third-order valence-corrected chi connectivity index (χ3v) is 5.10. The molecule has 1 atom stereocenters. The summed E-state index contributed by atoms with van der Waals surface area (Å²) in [6, 6.07) is 19.7. The molecule has 31 heavy (non-hydrogen) atoms. The van der Waals surface area contributed by atoms with Gasteiger partial charge in [-0.25, -0.2) is 0 Å². The number of amides is 2. The van der Waals surface area contributed by atoms with Gasteiger partial charge in [0.25, 0.3) is 11.8 Å². The van der Waals surface area contributed by atoms with E-state index in [0.717, 1.165) is 17.7 Å². The number of anilines is 2. The van der Waals surface area contributed by atoms with Gasteiger partial charge in [-0.05, 0) is 86.0 Å². The number of carbonyl (C=O) groups is 2. The molecule has 2 N–H and O–H groups in total. The molecule has 3 aromatic carbocycles. The summed E-state index contributed by atoms with van der Waals surface area (Å²) >= 11 is 5.95. The number of hydrogen-bond donors (Lipinski definition) is 2. The van der Waals surface area contributed by atoms with Gasteiger partial charge in [-0.3, -0.25) is 9.59 Å². The van der Waals surface area contributed by atoms with Crippen molar-refractivity contribution in [2.75, 3.05) is 10.6 Å². The van der Waals surface area contributed by atoms with Crippen LogP contribution in [-0.4, -0.2) is 17.9 Å². The monoisotopic (exact) mass is 436 g/mol. The van der Waals surface area contributed by atoms with Gasteiger partial charge in [0.2, 0.25) is 0 Å². The predicted octanol–water partition coefficient (Wildman–Crippen LogP) is 5.87. The fourth-order valence-corrected chi connectivity index (χ4v) is 3.20. The Hall–Kier alpha value is -3.31. The number of nitrogens with one attached hydrogen (secondary N) is 2. The molecule has 0 saturated heterocycles. The lowest BCUT2D eigenvalue weighted by atomic mass is 10.1. The Labute approximate surface area is 187 Å². The van der Waals surface area contributed by atoms with Crippen LogP contribution < -0.4 is 15.4 Å². The zero-order valence-corrected chi connectivity index (χ0v) is 18.5. The number of rotatable bonds is 7. The van der Waals surface area contributed by atoms with Gasteiger partial charge in [0.1, 0.15) is 5.75 Å². The summed E-state index contributed by atoms with van der Waals surface area (Å²) in [5.74, 6) is 0.0192. The number of aryl methyl sites for hydroxylation is 2. The molecule has 3 rings (SSSR count). The topological polar surface area (TPSA) is 67.4 Å². The molecule has 0 heterocycles. The zero-order chi connectivity index (χ0) is 22.4. The van der Waals surface area contributed by atoms with Crippen molar-refractivity contribution >= 4 is 34.8 Å². The zero-order valence-electron chi connectivity index (χ0n) is 17.7. The summed E-state index contributed by atoms with van der Waals surface area (Å²) in [5, 5.41) is 6.33. The van der Waals surface area contributed by atoms with Crippen molar-refractivity contribution in [3.63, 3.8) is 0 Å². The van der Waals surface area contributed by atoms with Gasteiger partial charge >= 0.3 is 0 Å². The van der Waals surface area contributed by atoms with Gasteiger partial charge < -0.3 is 15.4 Å². The largest absolute Gasteiger partial charge is 0.481 e. The van der Waals surface area contributed by atoms with Crippen LogP contribution in [0.15, 0.2) is 66.7 Å². The summed E-state index contributed by atoms with van der Waals surface area (Å²) in [6.45, 7) is 5.64. The molecule has 160 valence electrons. The second-order valence-corrected chi connectivity index (χ2v) is 7.67. The highest BCUT2D eigenvalue weighted by Gasteiger charge is 2.15. The minimum absolute atomic E-state index is 0.238. The molecule has 0 bridgehead atoms. The molecule has 2 amide bonds. The van der Waals surface area contributed by atoms with E-state index in [9.17, 15) is 9.59 Å². The van der Waals surface area contributed by atoms with Gasteiger partial charge in [0, 0.05) is 22.0 Å². The van der Waals surface area contributed by atoms with E-state index in [-0.39, 0.29) is 11.8 Å². The summed E-state index contributed by atoms with van der Waals surface area (Å²) in [6.07, 6.45) is 0.253. The number of ether oxygens (including phenoxy) is 1. The highest BCUT2D eigenvalue weighted by molar-refractivity contribution is 6.30. The normalized spacial score (nSPS) is 11.5. The maximum absolute atomic E-state index is 12.5. The first kappa shape index (κ1) is 22.4. The molecule has 0 aliphatic heterocycles. The molecule has 0 aliphatic rings. The summed E-state index contributed by atoms with van der Waals surface area (Å²) < 4.78 is 5.72. The summed E-state index contributed by atoms with van der Waals surface area (Å²) in [7, 11) is 0. The smallest absolute Gasteiger partial charge is 0.265 e. The van der Waals surface area contributed by atoms with E-state index in [1.165, 1.54) is 5.56 Å². The molecule has 6 heteroatoms. The summed E-state index contributed by atoms with van der Waals surface area (Å²) in [5.41, 5.74) is 3.99. The molecular formula is C25H25ClN2O3.